The summed E-state index contributed by atoms with van der Waals surface area (Å²) in [6.07, 6.45) is 4.75. The van der Waals surface area contributed by atoms with Gasteiger partial charge >= 0.3 is 0 Å². The maximum atomic E-state index is 12.8. The van der Waals surface area contributed by atoms with Gasteiger partial charge in [0.05, 0.1) is 0 Å². The highest BCUT2D eigenvalue weighted by atomic mass is 16.2. The molecule has 25 heavy (non-hydrogen) atoms. The maximum Gasteiger partial charge on any atom is 0.253 e. The minimum Gasteiger partial charge on any atom is -0.342 e. The van der Waals surface area contributed by atoms with E-state index in [1.54, 1.807) is 30.1 Å². The van der Waals surface area contributed by atoms with Crippen LogP contribution >= 0.6 is 0 Å². The predicted octanol–water partition coefficient (Wildman–Crippen LogP) is 2.38. The third-order valence-corrected chi connectivity index (χ3v) is 5.35. The third kappa shape index (κ3) is 4.60. The second-order valence-corrected chi connectivity index (χ2v) is 7.32. The first kappa shape index (κ1) is 17.9. The highest BCUT2D eigenvalue weighted by Crippen LogP contribution is 2.28. The predicted molar refractivity (Wildman–Crippen MR) is 98.7 cm³/mol. The number of carbonyl (C=O) groups excluding carboxylic acids is 2. The molecule has 2 aliphatic rings. The zero-order valence-electron chi connectivity index (χ0n) is 15.3. The summed E-state index contributed by atoms with van der Waals surface area (Å²) in [5.41, 5.74) is 1.19. The molecule has 3 rings (SSSR count). The Balaban J connectivity index is 1.56. The molecule has 2 amide bonds. The Kier molecular flexibility index (Phi) is 5.74. The maximum absolute atomic E-state index is 12.8. The van der Waals surface area contributed by atoms with Crippen molar-refractivity contribution in [2.24, 2.45) is 5.92 Å². The Labute approximate surface area is 150 Å². The number of carbonyl (C=O) groups is 2. The molecule has 0 radical (unpaired) electrons. The molecule has 1 aliphatic heterocycles. The first-order valence-electron chi connectivity index (χ1n) is 9.46. The topological polar surface area (TPSA) is 52.7 Å². The van der Waals surface area contributed by atoms with Crippen LogP contribution in [-0.2, 0) is 0 Å². The Morgan fingerprint density at radius 3 is 2.48 bits per heavy atom. The van der Waals surface area contributed by atoms with Gasteiger partial charge in [-0.25, -0.2) is 0 Å². The van der Waals surface area contributed by atoms with Crippen molar-refractivity contribution >= 4 is 11.8 Å². The second-order valence-electron chi connectivity index (χ2n) is 7.32. The smallest absolute Gasteiger partial charge is 0.253 e. The van der Waals surface area contributed by atoms with Gasteiger partial charge in [0.25, 0.3) is 11.8 Å². The molecule has 1 aliphatic carbocycles. The quantitative estimate of drug-likeness (QED) is 0.863. The first-order valence-corrected chi connectivity index (χ1v) is 9.46. The van der Waals surface area contributed by atoms with Crippen molar-refractivity contribution in [3.05, 3.63) is 35.4 Å². The molecule has 136 valence electrons. The highest BCUT2D eigenvalue weighted by molar-refractivity contribution is 5.99. The fourth-order valence-corrected chi connectivity index (χ4v) is 3.27. The molecule has 1 saturated heterocycles. The van der Waals surface area contributed by atoms with Gasteiger partial charge in [0.2, 0.25) is 0 Å². The van der Waals surface area contributed by atoms with E-state index in [9.17, 15) is 9.59 Å². The monoisotopic (exact) mass is 343 g/mol. The van der Waals surface area contributed by atoms with E-state index in [0.717, 1.165) is 38.4 Å². The standard InChI is InChI=1S/C20H29N3O2/c1-3-22(2)19(24)16-5-4-6-17(13-16)20(25)23-11-9-18(10-12-23)21-14-15-7-8-15/h4-6,13,15,18,21H,3,7-12,14H2,1-2H3. The lowest BCUT2D eigenvalue weighted by atomic mass is 10.0. The van der Waals surface area contributed by atoms with Crippen LogP contribution < -0.4 is 5.32 Å². The van der Waals surface area contributed by atoms with E-state index >= 15 is 0 Å². The van der Waals surface area contributed by atoms with Crippen molar-refractivity contribution in [1.29, 1.82) is 0 Å². The Morgan fingerprint density at radius 2 is 1.84 bits per heavy atom. The van der Waals surface area contributed by atoms with Gasteiger partial charge < -0.3 is 15.1 Å². The van der Waals surface area contributed by atoms with Gasteiger partial charge in [0, 0.05) is 43.9 Å². The molecule has 0 atom stereocenters. The van der Waals surface area contributed by atoms with Gasteiger partial charge in [-0.2, -0.15) is 0 Å². The normalized spacial score (nSPS) is 18.2. The van der Waals surface area contributed by atoms with Crippen molar-refractivity contribution in [2.45, 2.75) is 38.6 Å². The number of likely N-dealkylation sites (tertiary alicyclic amines) is 1. The van der Waals surface area contributed by atoms with E-state index < -0.39 is 0 Å². The van der Waals surface area contributed by atoms with Gasteiger partial charge in [0.15, 0.2) is 0 Å². The molecule has 1 heterocycles. The number of hydrogen-bond acceptors (Lipinski definition) is 3. The van der Waals surface area contributed by atoms with Gasteiger partial charge in [-0.05, 0) is 63.3 Å². The number of piperidine rings is 1. The number of benzene rings is 1. The van der Waals surface area contributed by atoms with Crippen LogP contribution in [0.1, 0.15) is 53.3 Å². The van der Waals surface area contributed by atoms with Gasteiger partial charge in [-0.15, -0.1) is 0 Å². The number of rotatable bonds is 6. The molecule has 2 fully saturated rings. The van der Waals surface area contributed by atoms with Crippen LogP contribution in [0.5, 0.6) is 0 Å². The van der Waals surface area contributed by atoms with Crippen molar-refractivity contribution < 1.29 is 9.59 Å². The van der Waals surface area contributed by atoms with Crippen LogP contribution in [0.2, 0.25) is 0 Å². The van der Waals surface area contributed by atoms with Crippen LogP contribution in [0.25, 0.3) is 0 Å². The molecule has 0 bridgehead atoms. The minimum absolute atomic E-state index is 0.0365. The SMILES string of the molecule is CCN(C)C(=O)c1cccc(C(=O)N2CCC(NCC3CC3)CC2)c1. The van der Waals surface area contributed by atoms with Crippen molar-refractivity contribution in [2.75, 3.05) is 33.2 Å². The zero-order valence-corrected chi connectivity index (χ0v) is 15.3. The summed E-state index contributed by atoms with van der Waals surface area (Å²) in [6, 6.07) is 7.65. The fraction of sp³-hybridized carbons (Fsp3) is 0.600. The molecule has 5 heteroatoms. The Morgan fingerprint density at radius 1 is 1.16 bits per heavy atom. The number of nitrogens with zero attached hydrogens (tertiary/aromatic N) is 2. The molecular formula is C20H29N3O2. The molecule has 1 N–H and O–H groups in total. The summed E-state index contributed by atoms with van der Waals surface area (Å²) < 4.78 is 0. The van der Waals surface area contributed by atoms with Crippen molar-refractivity contribution in [1.82, 2.24) is 15.1 Å². The van der Waals surface area contributed by atoms with Crippen LogP contribution in [0, 0.1) is 5.92 Å². The van der Waals surface area contributed by atoms with Gasteiger partial charge in [0.1, 0.15) is 0 Å². The van der Waals surface area contributed by atoms with Crippen LogP contribution in [-0.4, -0.2) is 60.9 Å². The number of nitrogens with one attached hydrogen (secondary N) is 1. The first-order chi connectivity index (χ1) is 12.1. The van der Waals surface area contributed by atoms with E-state index in [4.69, 9.17) is 0 Å². The van der Waals surface area contributed by atoms with Crippen molar-refractivity contribution in [3.8, 4) is 0 Å². The van der Waals surface area contributed by atoms with Crippen LogP contribution in [0.15, 0.2) is 24.3 Å². The van der Waals surface area contributed by atoms with Gasteiger partial charge in [-0.3, -0.25) is 9.59 Å². The summed E-state index contributed by atoms with van der Waals surface area (Å²) in [5.74, 6) is 0.885. The van der Waals surface area contributed by atoms with E-state index in [2.05, 4.69) is 5.32 Å². The van der Waals surface area contributed by atoms with Crippen LogP contribution in [0.4, 0.5) is 0 Å². The number of hydrogen-bond donors (Lipinski definition) is 1. The molecule has 0 unspecified atom stereocenters. The van der Waals surface area contributed by atoms with E-state index in [-0.39, 0.29) is 11.8 Å². The lowest BCUT2D eigenvalue weighted by Crippen LogP contribution is -2.45. The Bertz CT molecular complexity index is 619. The zero-order chi connectivity index (χ0) is 17.8. The molecule has 1 saturated carbocycles. The largest absolute Gasteiger partial charge is 0.342 e. The summed E-state index contributed by atoms with van der Waals surface area (Å²) in [5, 5.41) is 3.64. The molecule has 5 nitrogen and oxygen atoms in total. The summed E-state index contributed by atoms with van der Waals surface area (Å²) >= 11 is 0. The molecule has 1 aromatic carbocycles. The molecule has 0 aromatic heterocycles. The highest BCUT2D eigenvalue weighted by Gasteiger charge is 2.26. The number of amides is 2. The third-order valence-electron chi connectivity index (χ3n) is 5.35. The van der Waals surface area contributed by atoms with E-state index in [0.29, 0.717) is 23.7 Å². The Hall–Kier alpha value is -1.88. The summed E-state index contributed by atoms with van der Waals surface area (Å²) in [4.78, 5) is 28.6. The van der Waals surface area contributed by atoms with E-state index in [1.165, 1.54) is 12.8 Å². The molecular weight excluding hydrogens is 314 g/mol. The second kappa shape index (κ2) is 8.00. The average molecular weight is 343 g/mol. The van der Waals surface area contributed by atoms with E-state index in [1.807, 2.05) is 17.9 Å². The fourth-order valence-electron chi connectivity index (χ4n) is 3.27. The lowest BCUT2D eigenvalue weighted by Gasteiger charge is -2.32. The minimum atomic E-state index is -0.0415. The van der Waals surface area contributed by atoms with Crippen LogP contribution in [0.3, 0.4) is 0 Å². The van der Waals surface area contributed by atoms with Gasteiger partial charge in [-0.1, -0.05) is 6.07 Å². The lowest BCUT2D eigenvalue weighted by molar-refractivity contribution is 0.0705. The summed E-state index contributed by atoms with van der Waals surface area (Å²) in [7, 11) is 1.77. The average Bonchev–Trinajstić information content (AvgIpc) is 3.49. The van der Waals surface area contributed by atoms with Crippen molar-refractivity contribution in [3.63, 3.8) is 0 Å². The molecule has 1 aromatic rings. The molecule has 0 spiro atoms. The summed E-state index contributed by atoms with van der Waals surface area (Å²) in [6.45, 7) is 5.29.